The van der Waals surface area contributed by atoms with E-state index in [1.165, 1.54) is 27.6 Å². The van der Waals surface area contributed by atoms with E-state index >= 15 is 0 Å². The Balaban J connectivity index is 1.61. The van der Waals surface area contributed by atoms with E-state index in [0.29, 0.717) is 13.0 Å². The second-order valence-corrected chi connectivity index (χ2v) is 8.16. The third-order valence-corrected chi connectivity index (χ3v) is 6.28. The zero-order valence-electron chi connectivity index (χ0n) is 17.3. The fraction of sp³-hybridized carbons (Fsp3) is 0.333. The van der Waals surface area contributed by atoms with E-state index < -0.39 is 0 Å². The van der Waals surface area contributed by atoms with Crippen LogP contribution in [-0.2, 0) is 25.4 Å². The van der Waals surface area contributed by atoms with Gasteiger partial charge in [-0.15, -0.1) is 0 Å². The fourth-order valence-electron chi connectivity index (χ4n) is 4.62. The van der Waals surface area contributed by atoms with E-state index in [1.54, 1.807) is 0 Å². The van der Waals surface area contributed by atoms with Gasteiger partial charge in [0.25, 0.3) is 0 Å². The standard InChI is InChI=1S/C24H26N4O/c1-16-25-21-11-10-17(13-22(21)27(16)3)20-15-26(2)24-18(7-6-8-19(20)24)14-28-12-5-4-9-23(28)29/h6-8,10-11,13,15H,4-5,9,12,14H2,1-3H3. The first-order chi connectivity index (χ1) is 14.0. The van der Waals surface area contributed by atoms with Gasteiger partial charge in [0.05, 0.1) is 16.6 Å². The Morgan fingerprint density at radius 1 is 1.10 bits per heavy atom. The minimum atomic E-state index is 0.278. The third kappa shape index (κ3) is 2.92. The first-order valence-corrected chi connectivity index (χ1v) is 10.3. The highest BCUT2D eigenvalue weighted by molar-refractivity contribution is 5.99. The summed E-state index contributed by atoms with van der Waals surface area (Å²) in [4.78, 5) is 18.9. The lowest BCUT2D eigenvalue weighted by Gasteiger charge is -2.27. The zero-order valence-corrected chi connectivity index (χ0v) is 17.3. The van der Waals surface area contributed by atoms with Gasteiger partial charge in [-0.2, -0.15) is 0 Å². The number of aryl methyl sites for hydroxylation is 3. The summed E-state index contributed by atoms with van der Waals surface area (Å²) in [5.41, 5.74) is 7.00. The molecule has 0 aliphatic carbocycles. The third-order valence-electron chi connectivity index (χ3n) is 6.28. The molecule has 1 aliphatic rings. The lowest BCUT2D eigenvalue weighted by atomic mass is 10.0. The summed E-state index contributed by atoms with van der Waals surface area (Å²) in [5.74, 6) is 1.29. The Hall–Kier alpha value is -3.08. The van der Waals surface area contributed by atoms with E-state index in [-0.39, 0.29) is 5.91 Å². The van der Waals surface area contributed by atoms with Gasteiger partial charge >= 0.3 is 0 Å². The van der Waals surface area contributed by atoms with Crippen molar-refractivity contribution in [2.75, 3.05) is 6.54 Å². The fourth-order valence-corrected chi connectivity index (χ4v) is 4.62. The van der Waals surface area contributed by atoms with Gasteiger partial charge in [0.1, 0.15) is 5.82 Å². The monoisotopic (exact) mass is 386 g/mol. The van der Waals surface area contributed by atoms with Gasteiger partial charge in [0.2, 0.25) is 5.91 Å². The molecule has 0 N–H and O–H groups in total. The first kappa shape index (κ1) is 18.0. The number of hydrogen-bond acceptors (Lipinski definition) is 2. The van der Waals surface area contributed by atoms with Crippen molar-refractivity contribution in [3.63, 3.8) is 0 Å². The summed E-state index contributed by atoms with van der Waals surface area (Å²) in [7, 11) is 4.16. The van der Waals surface area contributed by atoms with Crippen LogP contribution >= 0.6 is 0 Å². The summed E-state index contributed by atoms with van der Waals surface area (Å²) >= 11 is 0. The summed E-state index contributed by atoms with van der Waals surface area (Å²) in [6.07, 6.45) is 5.00. The van der Waals surface area contributed by atoms with Gasteiger partial charge in [-0.3, -0.25) is 4.79 Å². The Labute approximate surface area is 170 Å². The molecule has 2 aromatic carbocycles. The number of piperidine rings is 1. The number of hydrogen-bond donors (Lipinski definition) is 0. The van der Waals surface area contributed by atoms with E-state index in [4.69, 9.17) is 0 Å². The molecule has 148 valence electrons. The normalized spacial score (nSPS) is 15.0. The molecule has 3 heterocycles. The van der Waals surface area contributed by atoms with Crippen LogP contribution in [0.25, 0.3) is 33.1 Å². The number of fused-ring (bicyclic) bond motifs is 2. The molecular formula is C24H26N4O. The number of amides is 1. The van der Waals surface area contributed by atoms with Crippen LogP contribution in [0.2, 0.25) is 0 Å². The molecule has 2 aromatic heterocycles. The second kappa shape index (κ2) is 6.76. The molecule has 5 nitrogen and oxygen atoms in total. The largest absolute Gasteiger partial charge is 0.350 e. The Bertz CT molecular complexity index is 1250. The minimum Gasteiger partial charge on any atom is -0.350 e. The maximum absolute atomic E-state index is 12.3. The molecule has 0 bridgehead atoms. The Morgan fingerprint density at radius 3 is 2.79 bits per heavy atom. The van der Waals surface area contributed by atoms with E-state index in [9.17, 15) is 4.79 Å². The number of carbonyl (C=O) groups is 1. The highest BCUT2D eigenvalue weighted by Crippen LogP contribution is 2.34. The second-order valence-electron chi connectivity index (χ2n) is 8.16. The maximum atomic E-state index is 12.3. The van der Waals surface area contributed by atoms with Crippen molar-refractivity contribution in [1.29, 1.82) is 0 Å². The first-order valence-electron chi connectivity index (χ1n) is 10.3. The van der Waals surface area contributed by atoms with Crippen LogP contribution in [0.15, 0.2) is 42.6 Å². The van der Waals surface area contributed by atoms with Crippen LogP contribution in [0.5, 0.6) is 0 Å². The van der Waals surface area contributed by atoms with Crippen molar-refractivity contribution in [3.8, 4) is 11.1 Å². The molecule has 0 unspecified atom stereocenters. The van der Waals surface area contributed by atoms with Gasteiger partial charge in [-0.05, 0) is 43.0 Å². The van der Waals surface area contributed by atoms with Crippen LogP contribution in [0.1, 0.15) is 30.7 Å². The molecule has 4 aromatic rings. The molecule has 0 radical (unpaired) electrons. The van der Waals surface area contributed by atoms with Crippen LogP contribution in [0, 0.1) is 6.92 Å². The molecule has 1 amide bonds. The molecule has 0 saturated carbocycles. The quantitative estimate of drug-likeness (QED) is 0.518. The number of benzene rings is 2. The molecular weight excluding hydrogens is 360 g/mol. The van der Waals surface area contributed by atoms with Crippen LogP contribution in [0.3, 0.4) is 0 Å². The molecule has 5 rings (SSSR count). The summed E-state index contributed by atoms with van der Waals surface area (Å²) in [6.45, 7) is 3.59. The molecule has 1 fully saturated rings. The average molecular weight is 386 g/mol. The highest BCUT2D eigenvalue weighted by atomic mass is 16.2. The predicted molar refractivity (Wildman–Crippen MR) is 117 cm³/mol. The van der Waals surface area contributed by atoms with Gasteiger partial charge in [-0.25, -0.2) is 4.98 Å². The lowest BCUT2D eigenvalue weighted by molar-refractivity contribution is -0.133. The number of rotatable bonds is 3. The molecule has 1 aliphatic heterocycles. The Morgan fingerprint density at radius 2 is 1.97 bits per heavy atom. The lowest BCUT2D eigenvalue weighted by Crippen LogP contribution is -2.34. The number of carbonyl (C=O) groups excluding carboxylic acids is 1. The number of likely N-dealkylation sites (tertiary alicyclic amines) is 1. The highest BCUT2D eigenvalue weighted by Gasteiger charge is 2.20. The topological polar surface area (TPSA) is 43.1 Å². The van der Waals surface area contributed by atoms with Crippen molar-refractivity contribution in [2.24, 2.45) is 14.1 Å². The predicted octanol–water partition coefficient (Wildman–Crippen LogP) is 4.55. The van der Waals surface area contributed by atoms with Gasteiger partial charge < -0.3 is 14.0 Å². The van der Waals surface area contributed by atoms with Crippen LogP contribution < -0.4 is 0 Å². The average Bonchev–Trinajstić information content (AvgIpc) is 3.21. The van der Waals surface area contributed by atoms with E-state index in [1.807, 2.05) is 11.8 Å². The molecule has 0 atom stereocenters. The van der Waals surface area contributed by atoms with E-state index in [0.717, 1.165) is 36.2 Å². The van der Waals surface area contributed by atoms with Crippen LogP contribution in [0.4, 0.5) is 0 Å². The number of aromatic nitrogens is 3. The van der Waals surface area contributed by atoms with Gasteiger partial charge in [0.15, 0.2) is 0 Å². The Kier molecular flexibility index (Phi) is 4.19. The minimum absolute atomic E-state index is 0.278. The molecule has 29 heavy (non-hydrogen) atoms. The van der Waals surface area contributed by atoms with Crippen molar-refractivity contribution >= 4 is 27.8 Å². The number of para-hydroxylation sites is 1. The van der Waals surface area contributed by atoms with Crippen LogP contribution in [-0.4, -0.2) is 31.5 Å². The molecule has 1 saturated heterocycles. The van der Waals surface area contributed by atoms with Gasteiger partial charge in [-0.1, -0.05) is 24.3 Å². The van der Waals surface area contributed by atoms with Crippen molar-refractivity contribution in [2.45, 2.75) is 32.7 Å². The maximum Gasteiger partial charge on any atom is 0.222 e. The summed E-state index contributed by atoms with van der Waals surface area (Å²) < 4.78 is 4.34. The smallest absolute Gasteiger partial charge is 0.222 e. The SMILES string of the molecule is Cc1nc2ccc(-c3cn(C)c4c(CN5CCCCC5=O)cccc34)cc2n1C. The molecule has 0 spiro atoms. The number of imidazole rings is 1. The zero-order chi connectivity index (χ0) is 20.1. The van der Waals surface area contributed by atoms with Crippen molar-refractivity contribution in [1.82, 2.24) is 19.0 Å². The van der Waals surface area contributed by atoms with Crippen molar-refractivity contribution in [3.05, 3.63) is 54.0 Å². The van der Waals surface area contributed by atoms with Gasteiger partial charge in [0, 0.05) is 50.8 Å². The van der Waals surface area contributed by atoms with E-state index in [2.05, 4.69) is 70.8 Å². The van der Waals surface area contributed by atoms with Crippen molar-refractivity contribution < 1.29 is 4.79 Å². The molecule has 5 heteroatoms. The summed E-state index contributed by atoms with van der Waals surface area (Å²) in [6, 6.07) is 12.9. The summed E-state index contributed by atoms with van der Waals surface area (Å²) in [5, 5.41) is 1.23. The number of nitrogens with zero attached hydrogens (tertiary/aromatic N) is 4.